The second-order valence-electron chi connectivity index (χ2n) is 11.0. The largest absolute Gasteiger partial charge is 0.350 e. The predicted molar refractivity (Wildman–Crippen MR) is 156 cm³/mol. The maximum Gasteiger partial charge on any atom is 0.240 e. The average Bonchev–Trinajstić information content (AvgIpc) is 3.26. The van der Waals surface area contributed by atoms with Crippen molar-refractivity contribution in [1.82, 2.24) is 20.1 Å². The second-order valence-corrected chi connectivity index (χ2v) is 12.0. The fourth-order valence-corrected chi connectivity index (χ4v) is 6.04. The minimum absolute atomic E-state index is 0.128. The van der Waals surface area contributed by atoms with Crippen LogP contribution in [-0.4, -0.2) is 38.9 Å². The second kappa shape index (κ2) is 11.3. The molecule has 1 aliphatic heterocycles. The molecule has 1 atom stereocenters. The van der Waals surface area contributed by atoms with Gasteiger partial charge in [0, 0.05) is 29.9 Å². The zero-order chi connectivity index (χ0) is 28.4. The predicted octanol–water partition coefficient (Wildman–Crippen LogP) is 5.50. The van der Waals surface area contributed by atoms with Crippen molar-refractivity contribution >= 4 is 29.4 Å². The lowest BCUT2D eigenvalue weighted by Crippen LogP contribution is -2.42. The van der Waals surface area contributed by atoms with Gasteiger partial charge in [-0.3, -0.25) is 19.5 Å². The summed E-state index contributed by atoms with van der Waals surface area (Å²) in [6.07, 6.45) is 3.37. The van der Waals surface area contributed by atoms with Crippen molar-refractivity contribution in [2.24, 2.45) is 0 Å². The maximum absolute atomic E-state index is 14.4. The number of thioether (sulfide) groups is 1. The molecule has 9 heteroatoms. The minimum atomic E-state index is -0.396. The Kier molecular flexibility index (Phi) is 7.76. The van der Waals surface area contributed by atoms with Crippen LogP contribution in [0.3, 0.4) is 0 Å². The standard InChI is InChI=1S/C31H32FN5O2S/c1-20-8-5-12-24(14-20)37-30-27(29(35-37)31(2,3)4)28(22-10-6-11-23(32)15-22)40-19-26(39)36(30)18-25(38)34-17-21-9-7-13-33-16-21/h5-16,28H,17-19H2,1-4H3,(H,34,38)/t28-/m1/s1. The normalized spacial score (nSPS) is 15.5. The molecule has 1 N–H and O–H groups in total. The van der Waals surface area contributed by atoms with Crippen LogP contribution in [0.15, 0.2) is 73.1 Å². The molecule has 0 unspecified atom stereocenters. The number of fused-ring (bicyclic) bond motifs is 1. The third-order valence-corrected chi connectivity index (χ3v) is 7.97. The number of rotatable bonds is 6. The number of hydrogen-bond acceptors (Lipinski definition) is 5. The first-order chi connectivity index (χ1) is 19.1. The van der Waals surface area contributed by atoms with E-state index in [9.17, 15) is 14.0 Å². The third kappa shape index (κ3) is 5.79. The molecular weight excluding hydrogens is 525 g/mol. The highest BCUT2D eigenvalue weighted by Crippen LogP contribution is 2.48. The van der Waals surface area contributed by atoms with E-state index in [1.807, 2.05) is 49.4 Å². The van der Waals surface area contributed by atoms with Crippen LogP contribution in [0.2, 0.25) is 0 Å². The molecule has 7 nitrogen and oxygen atoms in total. The molecule has 0 radical (unpaired) electrons. The minimum Gasteiger partial charge on any atom is -0.350 e. The van der Waals surface area contributed by atoms with Crippen LogP contribution in [0.4, 0.5) is 10.2 Å². The first-order valence-electron chi connectivity index (χ1n) is 13.2. The Morgan fingerprint density at radius 2 is 1.93 bits per heavy atom. The molecule has 2 aromatic carbocycles. The van der Waals surface area contributed by atoms with Gasteiger partial charge in [0.25, 0.3) is 0 Å². The monoisotopic (exact) mass is 557 g/mol. The number of anilines is 1. The quantitative estimate of drug-likeness (QED) is 0.339. The molecule has 2 aromatic heterocycles. The highest BCUT2D eigenvalue weighted by Gasteiger charge is 2.40. The summed E-state index contributed by atoms with van der Waals surface area (Å²) in [6, 6.07) is 18.1. The first-order valence-corrected chi connectivity index (χ1v) is 14.2. The van der Waals surface area contributed by atoms with Gasteiger partial charge in [0.1, 0.15) is 18.2 Å². The van der Waals surface area contributed by atoms with E-state index in [4.69, 9.17) is 5.10 Å². The summed E-state index contributed by atoms with van der Waals surface area (Å²) in [4.78, 5) is 32.6. The summed E-state index contributed by atoms with van der Waals surface area (Å²) in [5.41, 5.74) is 4.64. The lowest BCUT2D eigenvalue weighted by Gasteiger charge is -2.24. The molecule has 3 heterocycles. The molecule has 0 fully saturated rings. The highest BCUT2D eigenvalue weighted by molar-refractivity contribution is 8.00. The van der Waals surface area contributed by atoms with Crippen LogP contribution < -0.4 is 10.2 Å². The molecule has 0 aliphatic carbocycles. The smallest absolute Gasteiger partial charge is 0.240 e. The lowest BCUT2D eigenvalue weighted by atomic mass is 9.87. The van der Waals surface area contributed by atoms with Gasteiger partial charge in [-0.15, -0.1) is 11.8 Å². The van der Waals surface area contributed by atoms with Crippen molar-refractivity contribution in [3.8, 4) is 5.69 Å². The van der Waals surface area contributed by atoms with Gasteiger partial charge in [0.05, 0.1) is 22.4 Å². The number of pyridine rings is 1. The fourth-order valence-electron chi connectivity index (χ4n) is 4.85. The summed E-state index contributed by atoms with van der Waals surface area (Å²) in [7, 11) is 0. The average molecular weight is 558 g/mol. The molecule has 0 bridgehead atoms. The van der Waals surface area contributed by atoms with Gasteiger partial charge < -0.3 is 5.32 Å². The number of carbonyl (C=O) groups excluding carboxylic acids is 2. The number of aryl methyl sites for hydroxylation is 1. The molecule has 206 valence electrons. The molecule has 40 heavy (non-hydrogen) atoms. The van der Waals surface area contributed by atoms with Crippen molar-refractivity contribution in [2.45, 2.75) is 44.9 Å². The molecular formula is C31H32FN5O2S. The van der Waals surface area contributed by atoms with E-state index >= 15 is 0 Å². The number of nitrogens with zero attached hydrogens (tertiary/aromatic N) is 4. The van der Waals surface area contributed by atoms with E-state index in [2.05, 4.69) is 31.1 Å². The number of amides is 2. The van der Waals surface area contributed by atoms with Gasteiger partial charge in [-0.1, -0.05) is 51.1 Å². The SMILES string of the molecule is Cc1cccc(-n2nc(C(C)(C)C)c3c2N(CC(=O)NCc2cccnc2)C(=O)CS[C@@H]3c2cccc(F)c2)c1. The van der Waals surface area contributed by atoms with Crippen LogP contribution in [0, 0.1) is 12.7 Å². The number of halogens is 1. The summed E-state index contributed by atoms with van der Waals surface area (Å²) in [5, 5.41) is 7.63. The molecule has 0 saturated heterocycles. The van der Waals surface area contributed by atoms with Gasteiger partial charge in [0.15, 0.2) is 0 Å². The Hall–Kier alpha value is -3.98. The molecule has 4 aromatic rings. The van der Waals surface area contributed by atoms with Crippen LogP contribution >= 0.6 is 11.8 Å². The Labute approximate surface area is 237 Å². The number of aromatic nitrogens is 3. The van der Waals surface area contributed by atoms with E-state index in [1.54, 1.807) is 23.1 Å². The van der Waals surface area contributed by atoms with Gasteiger partial charge in [-0.25, -0.2) is 9.07 Å². The van der Waals surface area contributed by atoms with Crippen LogP contribution in [-0.2, 0) is 21.5 Å². The topological polar surface area (TPSA) is 80.1 Å². The molecule has 1 aliphatic rings. The summed E-state index contributed by atoms with van der Waals surface area (Å²) < 4.78 is 16.2. The van der Waals surface area contributed by atoms with Crippen molar-refractivity contribution in [2.75, 3.05) is 17.2 Å². The number of benzene rings is 2. The van der Waals surface area contributed by atoms with Gasteiger partial charge >= 0.3 is 0 Å². The maximum atomic E-state index is 14.4. The molecule has 2 amide bonds. The molecule has 0 saturated carbocycles. The molecule has 0 spiro atoms. The first kappa shape index (κ1) is 27.6. The van der Waals surface area contributed by atoms with E-state index in [0.717, 1.165) is 33.6 Å². The number of carbonyl (C=O) groups is 2. The Bertz CT molecular complexity index is 1550. The summed E-state index contributed by atoms with van der Waals surface area (Å²) in [6.45, 7) is 8.33. The van der Waals surface area contributed by atoms with Gasteiger partial charge in [0.2, 0.25) is 11.8 Å². The van der Waals surface area contributed by atoms with Crippen molar-refractivity contribution < 1.29 is 14.0 Å². The molecule has 5 rings (SSSR count). The summed E-state index contributed by atoms with van der Waals surface area (Å²) in [5.74, 6) is -0.187. The van der Waals surface area contributed by atoms with Crippen LogP contribution in [0.5, 0.6) is 0 Å². The lowest BCUT2D eigenvalue weighted by molar-refractivity contribution is -0.123. The zero-order valence-corrected chi connectivity index (χ0v) is 23.8. The number of hydrogen-bond donors (Lipinski definition) is 1. The van der Waals surface area contributed by atoms with Crippen molar-refractivity contribution in [3.63, 3.8) is 0 Å². The van der Waals surface area contributed by atoms with Crippen molar-refractivity contribution in [1.29, 1.82) is 0 Å². The zero-order valence-electron chi connectivity index (χ0n) is 23.0. The number of nitrogens with one attached hydrogen (secondary N) is 1. The summed E-state index contributed by atoms with van der Waals surface area (Å²) >= 11 is 1.43. The van der Waals surface area contributed by atoms with E-state index in [0.29, 0.717) is 12.4 Å². The van der Waals surface area contributed by atoms with Crippen molar-refractivity contribution in [3.05, 3.63) is 107 Å². The Balaban J connectivity index is 1.66. The van der Waals surface area contributed by atoms with Gasteiger partial charge in [-0.2, -0.15) is 5.10 Å². The van der Waals surface area contributed by atoms with Gasteiger partial charge in [-0.05, 0) is 53.9 Å². The Morgan fingerprint density at radius 3 is 2.62 bits per heavy atom. The third-order valence-electron chi connectivity index (χ3n) is 6.71. The Morgan fingerprint density at radius 1 is 1.12 bits per heavy atom. The fraction of sp³-hybridized carbons (Fsp3) is 0.290. The van der Waals surface area contributed by atoms with Crippen LogP contribution in [0.25, 0.3) is 5.69 Å². The highest BCUT2D eigenvalue weighted by atomic mass is 32.2. The van der Waals surface area contributed by atoms with E-state index in [1.165, 1.54) is 28.8 Å². The van der Waals surface area contributed by atoms with Crippen LogP contribution in [0.1, 0.15) is 54.0 Å². The van der Waals surface area contributed by atoms with E-state index < -0.39 is 5.41 Å². The van der Waals surface area contributed by atoms with E-state index in [-0.39, 0.29) is 35.2 Å².